The molecular weight excluding hydrogens is 310 g/mol. The molecule has 0 bridgehead atoms. The van der Waals surface area contributed by atoms with Crippen molar-refractivity contribution in [3.8, 4) is 11.4 Å². The zero-order valence-electron chi connectivity index (χ0n) is 13.5. The summed E-state index contributed by atoms with van der Waals surface area (Å²) >= 11 is 0. The first-order valence-corrected chi connectivity index (χ1v) is 7.69. The lowest BCUT2D eigenvalue weighted by Gasteiger charge is -2.33. The van der Waals surface area contributed by atoms with Gasteiger partial charge < -0.3 is 14.2 Å². The summed E-state index contributed by atoms with van der Waals surface area (Å²) in [4.78, 5) is 24.0. The molecule has 1 aliphatic heterocycles. The van der Waals surface area contributed by atoms with Crippen molar-refractivity contribution in [2.45, 2.75) is 13.5 Å². The van der Waals surface area contributed by atoms with E-state index in [1.54, 1.807) is 24.2 Å². The quantitative estimate of drug-likeness (QED) is 0.792. The van der Waals surface area contributed by atoms with E-state index in [4.69, 9.17) is 9.26 Å². The van der Waals surface area contributed by atoms with Gasteiger partial charge in [0.2, 0.25) is 11.7 Å². The predicted octanol–water partition coefficient (Wildman–Crippen LogP) is 1.92. The minimum atomic E-state index is -0.347. The number of pyridine rings is 1. The van der Waals surface area contributed by atoms with Gasteiger partial charge in [-0.05, 0) is 19.1 Å². The van der Waals surface area contributed by atoms with Gasteiger partial charge in [0.1, 0.15) is 0 Å². The number of aromatic nitrogens is 3. The average molecular weight is 329 g/mol. The molecule has 3 rings (SSSR count). The van der Waals surface area contributed by atoms with E-state index in [1.165, 1.54) is 0 Å². The topological polar surface area (TPSA) is 84.6 Å². The van der Waals surface area contributed by atoms with E-state index in [1.807, 2.05) is 12.1 Å². The van der Waals surface area contributed by atoms with Crippen LogP contribution < -0.4 is 0 Å². The summed E-state index contributed by atoms with van der Waals surface area (Å²) in [6.07, 6.45) is 3.03. The molecule has 3 heterocycles. The van der Waals surface area contributed by atoms with Gasteiger partial charge in [-0.15, -0.1) is 0 Å². The summed E-state index contributed by atoms with van der Waals surface area (Å²) in [5.41, 5.74) is 0.868. The molecule has 8 heteroatoms. The molecule has 1 amide bonds. The monoisotopic (exact) mass is 329 g/mol. The Hall–Kier alpha value is -2.74. The summed E-state index contributed by atoms with van der Waals surface area (Å²) in [5.74, 6) is 1.51. The number of nitrogens with zero attached hydrogens (tertiary/aromatic N) is 5. The molecule has 0 atom stereocenters. The maximum absolute atomic E-state index is 11.8. The molecule has 24 heavy (non-hydrogen) atoms. The molecule has 1 fully saturated rings. The SMILES string of the molecule is C=C(C)OC(=O)N1CCN(Cc2nc(-c3ccncc3)no2)CC1. The molecule has 8 nitrogen and oxygen atoms in total. The maximum Gasteiger partial charge on any atom is 0.414 e. The molecule has 2 aromatic rings. The summed E-state index contributed by atoms with van der Waals surface area (Å²) in [5, 5.41) is 3.99. The molecule has 1 saturated heterocycles. The molecule has 2 aromatic heterocycles. The highest BCUT2D eigenvalue weighted by molar-refractivity contribution is 5.68. The summed E-state index contributed by atoms with van der Waals surface area (Å²) in [6.45, 7) is 8.42. The standard InChI is InChI=1S/C16H19N5O3/c1-12(2)23-16(22)21-9-7-20(8-10-21)11-14-18-15(19-24-14)13-3-5-17-6-4-13/h3-6H,1,7-11H2,2H3. The van der Waals surface area contributed by atoms with Crippen LogP contribution in [0.4, 0.5) is 4.79 Å². The minimum Gasteiger partial charge on any atom is -0.416 e. The minimum absolute atomic E-state index is 0.347. The van der Waals surface area contributed by atoms with Crippen molar-refractivity contribution in [2.75, 3.05) is 26.2 Å². The number of hydrogen-bond acceptors (Lipinski definition) is 7. The van der Waals surface area contributed by atoms with E-state index in [0.717, 1.165) is 18.7 Å². The lowest BCUT2D eigenvalue weighted by atomic mass is 10.2. The maximum atomic E-state index is 11.8. The van der Waals surface area contributed by atoms with Crippen molar-refractivity contribution in [1.29, 1.82) is 0 Å². The second-order valence-electron chi connectivity index (χ2n) is 5.58. The van der Waals surface area contributed by atoms with Gasteiger partial charge in [0.25, 0.3) is 0 Å². The fourth-order valence-electron chi connectivity index (χ4n) is 2.43. The van der Waals surface area contributed by atoms with Crippen molar-refractivity contribution < 1.29 is 14.1 Å². The van der Waals surface area contributed by atoms with Crippen LogP contribution in [0.25, 0.3) is 11.4 Å². The number of ether oxygens (including phenoxy) is 1. The second kappa shape index (κ2) is 7.22. The Bertz CT molecular complexity index is 708. The van der Waals surface area contributed by atoms with Crippen LogP contribution in [0.15, 0.2) is 41.4 Å². The van der Waals surface area contributed by atoms with Crippen LogP contribution in [0.3, 0.4) is 0 Å². The van der Waals surface area contributed by atoms with Crippen molar-refractivity contribution >= 4 is 6.09 Å². The summed E-state index contributed by atoms with van der Waals surface area (Å²) in [6, 6.07) is 3.67. The van der Waals surface area contributed by atoms with E-state index in [0.29, 0.717) is 37.1 Å². The van der Waals surface area contributed by atoms with Gasteiger partial charge in [0.15, 0.2) is 0 Å². The van der Waals surface area contributed by atoms with Crippen molar-refractivity contribution in [3.63, 3.8) is 0 Å². The molecular formula is C16H19N5O3. The largest absolute Gasteiger partial charge is 0.416 e. The molecule has 0 N–H and O–H groups in total. The number of allylic oxidation sites excluding steroid dienone is 1. The van der Waals surface area contributed by atoms with Crippen molar-refractivity contribution in [2.24, 2.45) is 0 Å². The third kappa shape index (κ3) is 3.96. The van der Waals surface area contributed by atoms with E-state index in [9.17, 15) is 4.79 Å². The molecule has 0 aliphatic carbocycles. The highest BCUT2D eigenvalue weighted by atomic mass is 16.6. The Morgan fingerprint density at radius 3 is 2.67 bits per heavy atom. The molecule has 0 spiro atoms. The Balaban J connectivity index is 1.53. The first-order valence-electron chi connectivity index (χ1n) is 7.69. The number of amides is 1. The van der Waals surface area contributed by atoms with Crippen LogP contribution in [-0.2, 0) is 11.3 Å². The van der Waals surface area contributed by atoms with Crippen LogP contribution in [0.1, 0.15) is 12.8 Å². The highest BCUT2D eigenvalue weighted by Crippen LogP contribution is 2.15. The Kier molecular flexibility index (Phi) is 4.85. The van der Waals surface area contributed by atoms with Crippen LogP contribution in [0.5, 0.6) is 0 Å². The predicted molar refractivity (Wildman–Crippen MR) is 85.7 cm³/mol. The number of rotatable bonds is 4. The Morgan fingerprint density at radius 2 is 2.00 bits per heavy atom. The second-order valence-corrected chi connectivity index (χ2v) is 5.58. The third-order valence-corrected chi connectivity index (χ3v) is 3.66. The molecule has 0 aromatic carbocycles. The van der Waals surface area contributed by atoms with Gasteiger partial charge in [-0.2, -0.15) is 4.98 Å². The molecule has 0 saturated carbocycles. The fourth-order valence-corrected chi connectivity index (χ4v) is 2.43. The summed E-state index contributed by atoms with van der Waals surface area (Å²) in [7, 11) is 0. The van der Waals surface area contributed by atoms with Gasteiger partial charge in [0, 0.05) is 44.1 Å². The number of hydrogen-bond donors (Lipinski definition) is 0. The third-order valence-electron chi connectivity index (χ3n) is 3.66. The smallest absolute Gasteiger partial charge is 0.414 e. The molecule has 0 unspecified atom stereocenters. The molecule has 1 aliphatic rings. The van der Waals surface area contributed by atoms with Gasteiger partial charge in [0.05, 0.1) is 12.3 Å². The van der Waals surface area contributed by atoms with Crippen molar-refractivity contribution in [1.82, 2.24) is 24.9 Å². The fraction of sp³-hybridized carbons (Fsp3) is 0.375. The van der Waals surface area contributed by atoms with Gasteiger partial charge in [-0.1, -0.05) is 11.7 Å². The van der Waals surface area contributed by atoms with Gasteiger partial charge in [-0.25, -0.2) is 4.79 Å². The highest BCUT2D eigenvalue weighted by Gasteiger charge is 2.23. The zero-order chi connectivity index (χ0) is 16.9. The van der Waals surface area contributed by atoms with Crippen molar-refractivity contribution in [3.05, 3.63) is 42.8 Å². The lowest BCUT2D eigenvalue weighted by molar-refractivity contribution is 0.0886. The number of carbonyl (C=O) groups is 1. The van der Waals surface area contributed by atoms with Crippen LogP contribution >= 0.6 is 0 Å². The van der Waals surface area contributed by atoms with E-state index < -0.39 is 0 Å². The first-order chi connectivity index (χ1) is 11.6. The zero-order valence-corrected chi connectivity index (χ0v) is 13.5. The average Bonchev–Trinajstić information content (AvgIpc) is 3.04. The van der Waals surface area contributed by atoms with Gasteiger partial charge >= 0.3 is 6.09 Å². The summed E-state index contributed by atoms with van der Waals surface area (Å²) < 4.78 is 10.3. The van der Waals surface area contributed by atoms with Gasteiger partial charge in [-0.3, -0.25) is 9.88 Å². The molecule has 126 valence electrons. The van der Waals surface area contributed by atoms with Crippen LogP contribution in [0, 0.1) is 0 Å². The molecule has 0 radical (unpaired) electrons. The normalized spacial score (nSPS) is 15.3. The van der Waals surface area contributed by atoms with E-state index in [-0.39, 0.29) is 6.09 Å². The number of carbonyl (C=O) groups excluding carboxylic acids is 1. The van der Waals surface area contributed by atoms with Crippen LogP contribution in [0.2, 0.25) is 0 Å². The first kappa shape index (κ1) is 16.1. The Morgan fingerprint density at radius 1 is 1.29 bits per heavy atom. The Labute approximate surface area is 139 Å². The van der Waals surface area contributed by atoms with E-state index >= 15 is 0 Å². The van der Waals surface area contributed by atoms with E-state index in [2.05, 4.69) is 26.6 Å². The number of piperazine rings is 1. The lowest BCUT2D eigenvalue weighted by Crippen LogP contribution is -2.48. The van der Waals surface area contributed by atoms with Crippen LogP contribution in [-0.4, -0.2) is 57.2 Å².